The molecule has 0 fully saturated rings. The number of para-hydroxylation sites is 1. The molecule has 9 heteroatoms. The molecule has 0 radical (unpaired) electrons. The smallest absolute Gasteiger partial charge is 0.307 e. The number of aryl methyl sites for hydroxylation is 2. The molecule has 0 saturated heterocycles. The number of nitrogens with zero attached hydrogens (tertiary/aromatic N) is 3. The predicted octanol–water partition coefficient (Wildman–Crippen LogP) is 8.34. The van der Waals surface area contributed by atoms with Crippen LogP contribution in [-0.2, 0) is 13.2 Å². The number of carbonyl (C=O) groups is 1. The molecule has 1 N–H and O–H groups in total. The van der Waals surface area contributed by atoms with Crippen molar-refractivity contribution in [3.05, 3.63) is 141 Å². The summed E-state index contributed by atoms with van der Waals surface area (Å²) in [5.41, 5.74) is 8.87. The molecule has 6 aromatic rings. The Labute approximate surface area is 258 Å². The highest BCUT2D eigenvalue weighted by Crippen LogP contribution is 2.26. The van der Waals surface area contributed by atoms with Crippen molar-refractivity contribution in [2.24, 2.45) is 5.10 Å². The van der Waals surface area contributed by atoms with Gasteiger partial charge in [-0.15, -0.1) is 0 Å². The standard InChI is InChI=1S/C34H28Cl2N4O3/c1-22-7-8-23(2)40(22)26-10-12-27(13-11-26)42-21-28-14-16-33(43-28)34(41)38-37-18-25-20-39(32-6-4-3-5-29(25)32)19-24-9-15-30(35)31(36)17-24/h3-18,20H,19,21H2,1-2H3,(H,38,41)/b37-18+. The van der Waals surface area contributed by atoms with E-state index in [0.717, 1.165) is 27.7 Å². The van der Waals surface area contributed by atoms with Gasteiger partial charge in [-0.2, -0.15) is 5.10 Å². The highest BCUT2D eigenvalue weighted by Gasteiger charge is 2.12. The van der Waals surface area contributed by atoms with Crippen molar-refractivity contribution in [1.29, 1.82) is 0 Å². The van der Waals surface area contributed by atoms with Gasteiger partial charge in [0.25, 0.3) is 0 Å². The highest BCUT2D eigenvalue weighted by molar-refractivity contribution is 6.42. The van der Waals surface area contributed by atoms with E-state index in [1.807, 2.05) is 66.9 Å². The third-order valence-corrected chi connectivity index (χ3v) is 7.90. The lowest BCUT2D eigenvalue weighted by Crippen LogP contribution is -2.16. The van der Waals surface area contributed by atoms with Crippen LogP contribution >= 0.6 is 23.2 Å². The van der Waals surface area contributed by atoms with Crippen LogP contribution in [0.2, 0.25) is 10.0 Å². The third-order valence-electron chi connectivity index (χ3n) is 7.16. The second-order valence-corrected chi connectivity index (χ2v) is 11.0. The second-order valence-electron chi connectivity index (χ2n) is 10.2. The van der Waals surface area contributed by atoms with Gasteiger partial charge in [0.05, 0.1) is 16.3 Å². The Morgan fingerprint density at radius 1 is 0.930 bits per heavy atom. The molecule has 1 amide bonds. The number of hydrogen-bond donors (Lipinski definition) is 1. The summed E-state index contributed by atoms with van der Waals surface area (Å²) >= 11 is 12.3. The summed E-state index contributed by atoms with van der Waals surface area (Å²) in [6.07, 6.45) is 3.61. The molecule has 0 aliphatic carbocycles. The zero-order valence-corrected chi connectivity index (χ0v) is 25.1. The van der Waals surface area contributed by atoms with Gasteiger partial charge in [-0.05, 0) is 86.1 Å². The monoisotopic (exact) mass is 610 g/mol. The molecule has 0 atom stereocenters. The molecule has 43 heavy (non-hydrogen) atoms. The summed E-state index contributed by atoms with van der Waals surface area (Å²) in [6, 6.07) is 29.0. The van der Waals surface area contributed by atoms with E-state index >= 15 is 0 Å². The molecule has 7 nitrogen and oxygen atoms in total. The first kappa shape index (κ1) is 28.4. The summed E-state index contributed by atoms with van der Waals surface area (Å²) in [4.78, 5) is 12.7. The summed E-state index contributed by atoms with van der Waals surface area (Å²) in [5.74, 6) is 0.924. The van der Waals surface area contributed by atoms with Crippen LogP contribution in [0.25, 0.3) is 16.6 Å². The molecule has 0 saturated carbocycles. The van der Waals surface area contributed by atoms with E-state index in [-0.39, 0.29) is 12.4 Å². The van der Waals surface area contributed by atoms with Crippen LogP contribution in [0.4, 0.5) is 0 Å². The molecule has 6 rings (SSSR count). The van der Waals surface area contributed by atoms with Gasteiger partial charge in [0, 0.05) is 46.3 Å². The SMILES string of the molecule is Cc1ccc(C)n1-c1ccc(OCc2ccc(C(=O)N/N=C/c3cn(Cc4ccc(Cl)c(Cl)c4)c4ccccc34)o2)cc1. The number of rotatable bonds is 9. The number of nitrogens with one attached hydrogen (secondary N) is 1. The fourth-order valence-corrected chi connectivity index (χ4v) is 5.38. The van der Waals surface area contributed by atoms with Crippen LogP contribution < -0.4 is 10.2 Å². The van der Waals surface area contributed by atoms with Crippen molar-refractivity contribution in [3.8, 4) is 11.4 Å². The molecular weight excluding hydrogens is 583 g/mol. The van der Waals surface area contributed by atoms with Crippen LogP contribution in [-0.4, -0.2) is 21.3 Å². The average molecular weight is 612 g/mol. The summed E-state index contributed by atoms with van der Waals surface area (Å²) in [5, 5.41) is 6.23. The lowest BCUT2D eigenvalue weighted by Gasteiger charge is -2.10. The van der Waals surface area contributed by atoms with E-state index in [2.05, 4.69) is 45.6 Å². The van der Waals surface area contributed by atoms with Gasteiger partial charge in [-0.25, -0.2) is 5.43 Å². The largest absolute Gasteiger partial charge is 0.486 e. The Morgan fingerprint density at radius 2 is 1.70 bits per heavy atom. The van der Waals surface area contributed by atoms with Gasteiger partial charge in [0.15, 0.2) is 5.76 Å². The van der Waals surface area contributed by atoms with Gasteiger partial charge in [0.1, 0.15) is 18.1 Å². The maximum atomic E-state index is 12.7. The topological polar surface area (TPSA) is 73.7 Å². The first-order valence-electron chi connectivity index (χ1n) is 13.7. The number of aromatic nitrogens is 2. The number of amides is 1. The fourth-order valence-electron chi connectivity index (χ4n) is 5.06. The summed E-state index contributed by atoms with van der Waals surface area (Å²) in [6.45, 7) is 4.95. The van der Waals surface area contributed by atoms with E-state index < -0.39 is 5.91 Å². The number of hydrogen-bond acceptors (Lipinski definition) is 4. The Bertz CT molecular complexity index is 1930. The van der Waals surface area contributed by atoms with E-state index in [1.54, 1.807) is 24.4 Å². The van der Waals surface area contributed by atoms with Crippen LogP contribution in [0.3, 0.4) is 0 Å². The van der Waals surface area contributed by atoms with Crippen molar-refractivity contribution < 1.29 is 13.9 Å². The van der Waals surface area contributed by atoms with Gasteiger partial charge in [-0.1, -0.05) is 47.5 Å². The van der Waals surface area contributed by atoms with E-state index in [9.17, 15) is 4.79 Å². The quantitative estimate of drug-likeness (QED) is 0.132. The third kappa shape index (κ3) is 6.23. The molecule has 0 aliphatic rings. The van der Waals surface area contributed by atoms with Crippen LogP contribution in [0.5, 0.6) is 5.75 Å². The zero-order chi connectivity index (χ0) is 29.9. The van der Waals surface area contributed by atoms with E-state index in [4.69, 9.17) is 32.4 Å². The molecule has 0 unspecified atom stereocenters. The Kier molecular flexibility index (Phi) is 8.09. The van der Waals surface area contributed by atoms with E-state index in [0.29, 0.717) is 28.1 Å². The van der Waals surface area contributed by atoms with Gasteiger partial charge >= 0.3 is 5.91 Å². The number of ether oxygens (including phenoxy) is 1. The minimum absolute atomic E-state index is 0.145. The first-order chi connectivity index (χ1) is 20.9. The summed E-state index contributed by atoms with van der Waals surface area (Å²) in [7, 11) is 0. The number of halogens is 2. The highest BCUT2D eigenvalue weighted by atomic mass is 35.5. The predicted molar refractivity (Wildman–Crippen MR) is 171 cm³/mol. The lowest BCUT2D eigenvalue weighted by atomic mass is 10.2. The molecule has 3 aromatic carbocycles. The number of benzene rings is 3. The lowest BCUT2D eigenvalue weighted by molar-refractivity contribution is 0.0923. The maximum Gasteiger partial charge on any atom is 0.307 e. The van der Waals surface area contributed by atoms with Crippen molar-refractivity contribution >= 4 is 46.2 Å². The summed E-state index contributed by atoms with van der Waals surface area (Å²) < 4.78 is 15.9. The normalized spacial score (nSPS) is 11.4. The molecule has 0 aliphatic heterocycles. The van der Waals surface area contributed by atoms with Gasteiger partial charge < -0.3 is 18.3 Å². The van der Waals surface area contributed by atoms with Crippen molar-refractivity contribution in [2.45, 2.75) is 27.0 Å². The minimum Gasteiger partial charge on any atom is -0.486 e. The second kappa shape index (κ2) is 12.3. The molecule has 216 valence electrons. The van der Waals surface area contributed by atoms with E-state index in [1.165, 1.54) is 11.4 Å². The Morgan fingerprint density at radius 3 is 2.47 bits per heavy atom. The Balaban J connectivity index is 1.07. The minimum atomic E-state index is -0.455. The van der Waals surface area contributed by atoms with Gasteiger partial charge in [0.2, 0.25) is 0 Å². The average Bonchev–Trinajstić information content (AvgIpc) is 3.72. The molecule has 3 aromatic heterocycles. The fraction of sp³-hybridized carbons (Fsp3) is 0.118. The molecular formula is C34H28Cl2N4O3. The zero-order valence-electron chi connectivity index (χ0n) is 23.6. The van der Waals surface area contributed by atoms with Crippen LogP contribution in [0.15, 0.2) is 107 Å². The van der Waals surface area contributed by atoms with Gasteiger partial charge in [-0.3, -0.25) is 4.79 Å². The van der Waals surface area contributed by atoms with Crippen molar-refractivity contribution in [3.63, 3.8) is 0 Å². The number of hydrazone groups is 1. The molecule has 0 bridgehead atoms. The maximum absolute atomic E-state index is 12.7. The van der Waals surface area contributed by atoms with Crippen molar-refractivity contribution in [1.82, 2.24) is 14.6 Å². The van der Waals surface area contributed by atoms with Crippen molar-refractivity contribution in [2.75, 3.05) is 0 Å². The number of carbonyl (C=O) groups excluding carboxylic acids is 1. The molecule has 3 heterocycles. The van der Waals surface area contributed by atoms with Crippen LogP contribution in [0, 0.1) is 13.8 Å². The molecule has 0 spiro atoms. The number of furan rings is 1. The number of fused-ring (bicyclic) bond motifs is 1. The van der Waals surface area contributed by atoms with Crippen LogP contribution in [0.1, 0.15) is 38.8 Å². The first-order valence-corrected chi connectivity index (χ1v) is 14.4. The Hall–Kier alpha value is -4.72.